The Balaban J connectivity index is 4.55. The monoisotopic (exact) mass is 324 g/mol. The van der Waals surface area contributed by atoms with Crippen LogP contribution in [0.4, 0.5) is 0 Å². The van der Waals surface area contributed by atoms with Crippen LogP contribution >= 0.6 is 0 Å². The third kappa shape index (κ3) is 10.1. The molecule has 6 heteroatoms. The zero-order valence-electron chi connectivity index (χ0n) is 13.7. The van der Waals surface area contributed by atoms with Crippen molar-refractivity contribution in [2.45, 2.75) is 51.4 Å². The summed E-state index contributed by atoms with van der Waals surface area (Å²) in [6.07, 6.45) is 3.18. The van der Waals surface area contributed by atoms with Crippen LogP contribution in [-0.4, -0.2) is 36.2 Å². The van der Waals surface area contributed by atoms with Gasteiger partial charge in [0, 0.05) is 24.6 Å². The van der Waals surface area contributed by atoms with Crippen LogP contribution in [-0.2, 0) is 28.6 Å². The lowest BCUT2D eigenvalue weighted by Gasteiger charge is -2.22. The van der Waals surface area contributed by atoms with Crippen molar-refractivity contribution in [2.75, 3.05) is 0 Å². The molecule has 0 saturated heterocycles. The lowest BCUT2D eigenvalue weighted by Crippen LogP contribution is -2.26. The van der Waals surface area contributed by atoms with Gasteiger partial charge < -0.3 is 14.2 Å². The first kappa shape index (κ1) is 20.6. The van der Waals surface area contributed by atoms with Gasteiger partial charge >= 0.3 is 17.9 Å². The largest absolute Gasteiger partial charge is 0.460 e. The number of hydrogen-bond acceptors (Lipinski definition) is 6. The first-order valence-corrected chi connectivity index (χ1v) is 7.31. The van der Waals surface area contributed by atoms with Crippen LogP contribution in [0.5, 0.6) is 0 Å². The second-order valence-corrected chi connectivity index (χ2v) is 4.98. The molecule has 0 aliphatic heterocycles. The molecule has 0 saturated carbocycles. The summed E-state index contributed by atoms with van der Waals surface area (Å²) in [5.41, 5.74) is 0. The Bertz CT molecular complexity index is 454. The van der Waals surface area contributed by atoms with E-state index < -0.39 is 30.1 Å². The average molecular weight is 324 g/mol. The minimum Gasteiger partial charge on any atom is -0.460 e. The molecular formula is C17H24O6. The lowest BCUT2D eigenvalue weighted by atomic mass is 10.1. The van der Waals surface area contributed by atoms with Crippen LogP contribution in [0.3, 0.4) is 0 Å². The van der Waals surface area contributed by atoms with Crippen LogP contribution in [0.25, 0.3) is 0 Å². The third-order valence-electron chi connectivity index (χ3n) is 2.91. The average Bonchev–Trinajstić information content (AvgIpc) is 2.51. The number of rotatable bonds is 11. The van der Waals surface area contributed by atoms with Gasteiger partial charge in [-0.3, -0.25) is 0 Å². The molecule has 0 aromatic rings. The van der Waals surface area contributed by atoms with Crippen LogP contribution in [0.2, 0.25) is 0 Å². The van der Waals surface area contributed by atoms with E-state index in [2.05, 4.69) is 19.7 Å². The van der Waals surface area contributed by atoms with Gasteiger partial charge in [0.05, 0.1) is 6.10 Å². The topological polar surface area (TPSA) is 78.9 Å². The molecule has 3 unspecified atom stereocenters. The fourth-order valence-electron chi connectivity index (χ4n) is 1.83. The summed E-state index contributed by atoms with van der Waals surface area (Å²) in [6.45, 7) is 13.4. The van der Waals surface area contributed by atoms with E-state index in [0.717, 1.165) is 18.2 Å². The van der Waals surface area contributed by atoms with Crippen LogP contribution in [0, 0.1) is 0 Å². The maximum atomic E-state index is 11.4. The summed E-state index contributed by atoms with van der Waals surface area (Å²) in [6, 6.07) is 0. The Morgan fingerprint density at radius 2 is 1.22 bits per heavy atom. The quantitative estimate of drug-likeness (QED) is 0.330. The standard InChI is InChI=1S/C17H24O6/c1-6-15(18)21-12(4)9-10-14(23-17(20)8-3)11-13(5)22-16(19)7-2/h6-8,12-14H,1-3,9-11H2,4-5H3. The summed E-state index contributed by atoms with van der Waals surface area (Å²) >= 11 is 0. The van der Waals surface area contributed by atoms with Gasteiger partial charge in [0.2, 0.25) is 0 Å². The second-order valence-electron chi connectivity index (χ2n) is 4.98. The maximum absolute atomic E-state index is 11.4. The van der Waals surface area contributed by atoms with Gasteiger partial charge in [-0.25, -0.2) is 14.4 Å². The van der Waals surface area contributed by atoms with E-state index in [-0.39, 0.29) is 6.10 Å². The van der Waals surface area contributed by atoms with Gasteiger partial charge in [-0.2, -0.15) is 0 Å². The van der Waals surface area contributed by atoms with Crippen molar-refractivity contribution >= 4 is 17.9 Å². The van der Waals surface area contributed by atoms with Crippen molar-refractivity contribution in [2.24, 2.45) is 0 Å². The fourth-order valence-corrected chi connectivity index (χ4v) is 1.83. The first-order chi connectivity index (χ1) is 10.8. The smallest absolute Gasteiger partial charge is 0.330 e. The van der Waals surface area contributed by atoms with Crippen molar-refractivity contribution in [3.8, 4) is 0 Å². The molecule has 23 heavy (non-hydrogen) atoms. The van der Waals surface area contributed by atoms with Crippen molar-refractivity contribution in [3.05, 3.63) is 38.0 Å². The Kier molecular flexibility index (Phi) is 10.1. The van der Waals surface area contributed by atoms with Crippen LogP contribution < -0.4 is 0 Å². The Morgan fingerprint density at radius 3 is 1.70 bits per heavy atom. The SMILES string of the molecule is C=CC(=O)OC(C)CCC(CC(C)OC(=O)C=C)OC(=O)C=C. The molecule has 0 fully saturated rings. The molecule has 0 bridgehead atoms. The highest BCUT2D eigenvalue weighted by atomic mass is 16.6. The van der Waals surface area contributed by atoms with Crippen molar-refractivity contribution in [3.63, 3.8) is 0 Å². The third-order valence-corrected chi connectivity index (χ3v) is 2.91. The molecule has 0 spiro atoms. The van der Waals surface area contributed by atoms with E-state index >= 15 is 0 Å². The minimum atomic E-state index is -0.562. The van der Waals surface area contributed by atoms with E-state index in [1.54, 1.807) is 13.8 Å². The zero-order chi connectivity index (χ0) is 17.8. The van der Waals surface area contributed by atoms with Gasteiger partial charge in [-0.05, 0) is 26.7 Å². The van der Waals surface area contributed by atoms with E-state index in [0.29, 0.717) is 19.3 Å². The van der Waals surface area contributed by atoms with Crippen molar-refractivity contribution in [1.82, 2.24) is 0 Å². The molecule has 0 aliphatic carbocycles. The maximum Gasteiger partial charge on any atom is 0.330 e. The van der Waals surface area contributed by atoms with Crippen molar-refractivity contribution < 1.29 is 28.6 Å². The van der Waals surface area contributed by atoms with Crippen LogP contribution in [0.1, 0.15) is 33.1 Å². The van der Waals surface area contributed by atoms with Gasteiger partial charge in [-0.15, -0.1) is 0 Å². The van der Waals surface area contributed by atoms with Gasteiger partial charge in [-0.1, -0.05) is 19.7 Å². The predicted molar refractivity (Wildman–Crippen MR) is 85.4 cm³/mol. The van der Waals surface area contributed by atoms with E-state index in [9.17, 15) is 14.4 Å². The number of carbonyl (C=O) groups is 3. The van der Waals surface area contributed by atoms with E-state index in [1.807, 2.05) is 0 Å². The van der Waals surface area contributed by atoms with Gasteiger partial charge in [0.1, 0.15) is 12.2 Å². The Labute approximate surface area is 136 Å². The molecule has 128 valence electrons. The molecular weight excluding hydrogens is 300 g/mol. The number of ether oxygens (including phenoxy) is 3. The minimum absolute atomic E-state index is 0.321. The molecule has 0 aliphatic rings. The summed E-state index contributed by atoms with van der Waals surface area (Å²) < 4.78 is 15.3. The summed E-state index contributed by atoms with van der Waals surface area (Å²) in [5, 5.41) is 0. The van der Waals surface area contributed by atoms with Crippen molar-refractivity contribution in [1.29, 1.82) is 0 Å². The number of hydrogen-bond donors (Lipinski definition) is 0. The Morgan fingerprint density at radius 1 is 0.783 bits per heavy atom. The van der Waals surface area contributed by atoms with E-state index in [4.69, 9.17) is 14.2 Å². The summed E-state index contributed by atoms with van der Waals surface area (Å²) in [7, 11) is 0. The molecule has 0 radical (unpaired) electrons. The number of esters is 3. The molecule has 0 N–H and O–H groups in total. The highest BCUT2D eigenvalue weighted by Crippen LogP contribution is 2.15. The molecule has 6 nitrogen and oxygen atoms in total. The highest BCUT2D eigenvalue weighted by molar-refractivity contribution is 5.82. The second kappa shape index (κ2) is 11.2. The fraction of sp³-hybridized carbons (Fsp3) is 0.471. The van der Waals surface area contributed by atoms with Gasteiger partial charge in [0.15, 0.2) is 0 Å². The van der Waals surface area contributed by atoms with Crippen LogP contribution in [0.15, 0.2) is 38.0 Å². The summed E-state index contributed by atoms with van der Waals surface area (Å²) in [5.74, 6) is -1.61. The Hall–Kier alpha value is -2.37. The molecule has 3 atom stereocenters. The predicted octanol–water partition coefficient (Wildman–Crippen LogP) is 2.49. The zero-order valence-corrected chi connectivity index (χ0v) is 13.7. The molecule has 0 rings (SSSR count). The van der Waals surface area contributed by atoms with E-state index in [1.165, 1.54) is 0 Å². The van der Waals surface area contributed by atoms with Gasteiger partial charge in [0.25, 0.3) is 0 Å². The molecule has 0 aromatic carbocycles. The first-order valence-electron chi connectivity index (χ1n) is 7.31. The normalized spacial score (nSPS) is 13.8. The molecule has 0 aromatic heterocycles. The lowest BCUT2D eigenvalue weighted by molar-refractivity contribution is -0.150. The highest BCUT2D eigenvalue weighted by Gasteiger charge is 2.20. The molecule has 0 amide bonds. The number of carbonyl (C=O) groups excluding carboxylic acids is 3. The molecule has 0 heterocycles. The summed E-state index contributed by atoms with van der Waals surface area (Å²) in [4.78, 5) is 33.7.